The summed E-state index contributed by atoms with van der Waals surface area (Å²) in [5, 5.41) is 0. The van der Waals surface area contributed by atoms with E-state index in [-0.39, 0.29) is 6.10 Å². The molecule has 5 rings (SSSR count). The quantitative estimate of drug-likeness (QED) is 0.802. The molecule has 114 valence electrons. The molecule has 23 heavy (non-hydrogen) atoms. The molecule has 1 aromatic rings. The van der Waals surface area contributed by atoms with E-state index in [9.17, 15) is 0 Å². The predicted molar refractivity (Wildman–Crippen MR) is 90.5 cm³/mol. The van der Waals surface area contributed by atoms with Crippen LogP contribution in [0, 0.1) is 0 Å². The van der Waals surface area contributed by atoms with Crippen LogP contribution in [0.1, 0.15) is 24.5 Å². The Morgan fingerprint density at radius 2 is 2.04 bits per heavy atom. The van der Waals surface area contributed by atoms with Gasteiger partial charge in [-0.2, -0.15) is 0 Å². The van der Waals surface area contributed by atoms with E-state index in [2.05, 4.69) is 55.5 Å². The maximum Gasteiger partial charge on any atom is 0.189 e. The molecule has 0 radical (unpaired) electrons. The van der Waals surface area contributed by atoms with E-state index in [1.165, 1.54) is 39.0 Å². The van der Waals surface area contributed by atoms with E-state index >= 15 is 0 Å². The lowest BCUT2D eigenvalue weighted by atomic mass is 9.90. The zero-order valence-electron chi connectivity index (χ0n) is 13.1. The summed E-state index contributed by atoms with van der Waals surface area (Å²) < 4.78 is 11.2. The monoisotopic (exact) mass is 302 g/mol. The number of hydrogen-bond donors (Lipinski definition) is 0. The fraction of sp³-hybridized carbons (Fsp3) is 0.238. The molecule has 1 heterocycles. The smallest absolute Gasteiger partial charge is 0.189 e. The Kier molecular flexibility index (Phi) is 2.77. The van der Waals surface area contributed by atoms with Crippen LogP contribution in [-0.2, 0) is 15.9 Å². The van der Waals surface area contributed by atoms with Crippen molar-refractivity contribution in [2.24, 2.45) is 0 Å². The number of fused-ring (bicyclic) bond motifs is 3. The summed E-state index contributed by atoms with van der Waals surface area (Å²) in [4.78, 5) is 0. The van der Waals surface area contributed by atoms with Crippen molar-refractivity contribution in [3.05, 3.63) is 87.2 Å². The van der Waals surface area contributed by atoms with Crippen LogP contribution in [0.3, 0.4) is 0 Å². The van der Waals surface area contributed by atoms with Gasteiger partial charge in [0.05, 0.1) is 0 Å². The van der Waals surface area contributed by atoms with Crippen molar-refractivity contribution >= 4 is 6.08 Å². The van der Waals surface area contributed by atoms with E-state index < -0.39 is 0 Å². The number of ether oxygens (including phenoxy) is 2. The van der Waals surface area contributed by atoms with E-state index in [0.717, 1.165) is 18.6 Å². The molecule has 0 amide bonds. The Bertz CT molecular complexity index is 862. The van der Waals surface area contributed by atoms with Gasteiger partial charge >= 0.3 is 0 Å². The van der Waals surface area contributed by atoms with Gasteiger partial charge in [-0.15, -0.1) is 0 Å². The Balaban J connectivity index is 1.44. The molecule has 0 spiro atoms. The molecule has 1 saturated heterocycles. The third kappa shape index (κ3) is 2.06. The van der Waals surface area contributed by atoms with Crippen LogP contribution >= 0.6 is 0 Å². The highest BCUT2D eigenvalue weighted by Crippen LogP contribution is 2.42. The molecule has 1 fully saturated rings. The first-order chi connectivity index (χ1) is 11.3. The van der Waals surface area contributed by atoms with Crippen molar-refractivity contribution in [1.82, 2.24) is 0 Å². The summed E-state index contributed by atoms with van der Waals surface area (Å²) in [5.41, 5.74) is 9.71. The Hall–Kier alpha value is -2.32. The standard InChI is InChI=1S/C21H18O2/c1-13-6-17-10-20-21(23-12-22-20)11-19(17)18(13)9-14-7-15-4-2-3-5-16(15)8-14/h2-7,10-11,21H,8-9,12H2,1H3. The van der Waals surface area contributed by atoms with Gasteiger partial charge < -0.3 is 9.47 Å². The zero-order chi connectivity index (χ0) is 15.4. The number of hydrogen-bond acceptors (Lipinski definition) is 2. The van der Waals surface area contributed by atoms with Gasteiger partial charge in [0, 0.05) is 0 Å². The molecule has 2 nitrogen and oxygen atoms in total. The first-order valence-corrected chi connectivity index (χ1v) is 8.15. The van der Waals surface area contributed by atoms with Crippen LogP contribution < -0.4 is 0 Å². The molecule has 0 bridgehead atoms. The fourth-order valence-corrected chi connectivity index (χ4v) is 3.93. The Labute approximate surface area is 136 Å². The van der Waals surface area contributed by atoms with Gasteiger partial charge in [-0.25, -0.2) is 0 Å². The van der Waals surface area contributed by atoms with Crippen molar-refractivity contribution in [2.45, 2.75) is 25.9 Å². The summed E-state index contributed by atoms with van der Waals surface area (Å²) >= 11 is 0. The lowest BCUT2D eigenvalue weighted by molar-refractivity contribution is 0.0629. The molecule has 1 atom stereocenters. The van der Waals surface area contributed by atoms with Crippen molar-refractivity contribution in [3.63, 3.8) is 0 Å². The lowest BCUT2D eigenvalue weighted by Crippen LogP contribution is -2.10. The molecule has 1 aromatic carbocycles. The molecule has 4 aliphatic rings. The maximum atomic E-state index is 5.64. The number of benzene rings is 1. The van der Waals surface area contributed by atoms with Crippen LogP contribution in [0.2, 0.25) is 0 Å². The Morgan fingerprint density at radius 1 is 1.13 bits per heavy atom. The fourth-order valence-electron chi connectivity index (χ4n) is 3.93. The highest BCUT2D eigenvalue weighted by atomic mass is 16.7. The molecule has 3 aliphatic carbocycles. The second-order valence-corrected chi connectivity index (χ2v) is 6.59. The summed E-state index contributed by atoms with van der Waals surface area (Å²) in [6, 6.07) is 8.69. The summed E-state index contributed by atoms with van der Waals surface area (Å²) in [6.07, 6.45) is 11.1. The average Bonchev–Trinajstić information content (AvgIpc) is 3.23. The van der Waals surface area contributed by atoms with Crippen molar-refractivity contribution < 1.29 is 9.47 Å². The third-order valence-corrected chi connectivity index (χ3v) is 5.09. The van der Waals surface area contributed by atoms with E-state index in [1.807, 2.05) is 0 Å². The van der Waals surface area contributed by atoms with Crippen LogP contribution in [-0.4, -0.2) is 12.9 Å². The summed E-state index contributed by atoms with van der Waals surface area (Å²) in [5.74, 6) is 0.946. The molecule has 0 N–H and O–H groups in total. The largest absolute Gasteiger partial charge is 0.469 e. The maximum absolute atomic E-state index is 5.64. The second-order valence-electron chi connectivity index (χ2n) is 6.59. The van der Waals surface area contributed by atoms with E-state index in [0.29, 0.717) is 6.79 Å². The van der Waals surface area contributed by atoms with Crippen LogP contribution in [0.25, 0.3) is 6.08 Å². The van der Waals surface area contributed by atoms with E-state index in [1.54, 1.807) is 0 Å². The molecular weight excluding hydrogens is 284 g/mol. The van der Waals surface area contributed by atoms with Crippen LogP contribution in [0.15, 0.2) is 76.1 Å². The summed E-state index contributed by atoms with van der Waals surface area (Å²) in [6.45, 7) is 2.58. The van der Waals surface area contributed by atoms with Crippen molar-refractivity contribution in [1.29, 1.82) is 0 Å². The van der Waals surface area contributed by atoms with Gasteiger partial charge in [-0.1, -0.05) is 42.0 Å². The predicted octanol–water partition coefficient (Wildman–Crippen LogP) is 4.47. The molecular formula is C21H18O2. The van der Waals surface area contributed by atoms with E-state index in [4.69, 9.17) is 9.47 Å². The van der Waals surface area contributed by atoms with Gasteiger partial charge in [0.2, 0.25) is 0 Å². The molecule has 1 aliphatic heterocycles. The highest BCUT2D eigenvalue weighted by Gasteiger charge is 2.31. The molecule has 0 aromatic heterocycles. The van der Waals surface area contributed by atoms with Gasteiger partial charge in [0.15, 0.2) is 6.79 Å². The SMILES string of the molecule is CC1=C(CC2=Cc3ccccc3C2)C2=CC3OCOC3=CC2=C1. The first kappa shape index (κ1) is 13.1. The Morgan fingerprint density at radius 3 is 2.96 bits per heavy atom. The van der Waals surface area contributed by atoms with Crippen LogP contribution in [0.5, 0.6) is 0 Å². The van der Waals surface area contributed by atoms with Crippen molar-refractivity contribution in [3.8, 4) is 0 Å². The van der Waals surface area contributed by atoms with Gasteiger partial charge in [0.25, 0.3) is 0 Å². The molecule has 1 unspecified atom stereocenters. The molecule has 2 heteroatoms. The summed E-state index contributed by atoms with van der Waals surface area (Å²) in [7, 11) is 0. The van der Waals surface area contributed by atoms with Crippen LogP contribution in [0.4, 0.5) is 0 Å². The molecule has 0 saturated carbocycles. The lowest BCUT2D eigenvalue weighted by Gasteiger charge is -2.17. The number of rotatable bonds is 2. The topological polar surface area (TPSA) is 18.5 Å². The van der Waals surface area contributed by atoms with Gasteiger partial charge in [0.1, 0.15) is 11.9 Å². The highest BCUT2D eigenvalue weighted by molar-refractivity contribution is 5.69. The number of allylic oxidation sites excluding steroid dienone is 7. The van der Waals surface area contributed by atoms with Gasteiger partial charge in [-0.3, -0.25) is 0 Å². The normalized spacial score (nSPS) is 24.3. The zero-order valence-corrected chi connectivity index (χ0v) is 13.1. The van der Waals surface area contributed by atoms with Crippen molar-refractivity contribution in [2.75, 3.05) is 6.79 Å². The van der Waals surface area contributed by atoms with Gasteiger partial charge in [-0.05, 0) is 65.3 Å². The minimum Gasteiger partial charge on any atom is -0.469 e. The minimum atomic E-state index is -0.00203. The first-order valence-electron chi connectivity index (χ1n) is 8.15. The average molecular weight is 302 g/mol. The second kappa shape index (κ2) is 4.84. The third-order valence-electron chi connectivity index (χ3n) is 5.09. The minimum absolute atomic E-state index is 0.00203.